The first kappa shape index (κ1) is 18.5. The van der Waals surface area contributed by atoms with Crippen LogP contribution in [0.2, 0.25) is 0 Å². The van der Waals surface area contributed by atoms with E-state index in [-0.39, 0.29) is 17.5 Å². The Kier molecular flexibility index (Phi) is 6.00. The molecule has 1 aliphatic heterocycles. The van der Waals surface area contributed by atoms with Crippen LogP contribution in [0.4, 0.5) is 0 Å². The molecule has 2 aromatic heterocycles. The molecule has 0 unspecified atom stereocenters. The maximum Gasteiger partial charge on any atom is 0.258 e. The van der Waals surface area contributed by atoms with Crippen LogP contribution in [0.25, 0.3) is 5.65 Å². The molecule has 7 heteroatoms. The number of rotatable bonds is 6. The number of pyridine rings is 1. The summed E-state index contributed by atoms with van der Waals surface area (Å²) in [4.78, 5) is 33.4. The van der Waals surface area contributed by atoms with E-state index in [1.807, 2.05) is 25.1 Å². The fourth-order valence-electron chi connectivity index (χ4n) is 3.28. The highest BCUT2D eigenvalue weighted by Crippen LogP contribution is 2.10. The first-order chi connectivity index (χ1) is 12.6. The molecule has 3 rings (SSSR count). The Hall–Kier alpha value is -2.25. The lowest BCUT2D eigenvalue weighted by molar-refractivity contribution is -0.126. The minimum Gasteiger partial charge on any atom is -0.355 e. The van der Waals surface area contributed by atoms with E-state index in [1.165, 1.54) is 0 Å². The van der Waals surface area contributed by atoms with Crippen molar-refractivity contribution >= 4 is 11.6 Å². The van der Waals surface area contributed by atoms with Crippen LogP contribution in [-0.2, 0) is 11.3 Å². The number of hydrogen-bond acceptors (Lipinski definition) is 5. The number of carbonyl (C=O) groups is 1. The highest BCUT2D eigenvalue weighted by Gasteiger charge is 2.25. The lowest BCUT2D eigenvalue weighted by Crippen LogP contribution is -2.53. The zero-order chi connectivity index (χ0) is 18.5. The molecular formula is C19H27N5O2. The van der Waals surface area contributed by atoms with E-state index < -0.39 is 0 Å². The molecule has 0 aromatic carbocycles. The molecule has 140 valence electrons. The third-order valence-corrected chi connectivity index (χ3v) is 4.89. The number of nitrogens with one attached hydrogen (secondary N) is 1. The van der Waals surface area contributed by atoms with Gasteiger partial charge in [0.05, 0.1) is 11.7 Å². The van der Waals surface area contributed by atoms with Gasteiger partial charge in [-0.2, -0.15) is 0 Å². The summed E-state index contributed by atoms with van der Waals surface area (Å²) in [5, 5.41) is 2.96. The third-order valence-electron chi connectivity index (χ3n) is 4.89. The van der Waals surface area contributed by atoms with Crippen molar-refractivity contribution < 1.29 is 4.79 Å². The van der Waals surface area contributed by atoms with Gasteiger partial charge in [-0.3, -0.25) is 23.8 Å². The molecule has 0 saturated carbocycles. The van der Waals surface area contributed by atoms with E-state index >= 15 is 0 Å². The van der Waals surface area contributed by atoms with Crippen molar-refractivity contribution in [3.63, 3.8) is 0 Å². The molecule has 1 aliphatic rings. The van der Waals surface area contributed by atoms with Crippen molar-refractivity contribution in [3.05, 3.63) is 46.5 Å². The smallest absolute Gasteiger partial charge is 0.258 e. The van der Waals surface area contributed by atoms with Gasteiger partial charge in [0.15, 0.2) is 0 Å². The number of fused-ring (bicyclic) bond motifs is 1. The molecule has 1 saturated heterocycles. The molecule has 3 heterocycles. The van der Waals surface area contributed by atoms with Gasteiger partial charge in [0.1, 0.15) is 5.65 Å². The van der Waals surface area contributed by atoms with Gasteiger partial charge < -0.3 is 5.32 Å². The molecule has 0 bridgehead atoms. The van der Waals surface area contributed by atoms with Gasteiger partial charge in [-0.25, -0.2) is 4.98 Å². The number of aromatic nitrogens is 2. The molecule has 0 aliphatic carbocycles. The van der Waals surface area contributed by atoms with Gasteiger partial charge in [0, 0.05) is 51.5 Å². The predicted molar refractivity (Wildman–Crippen MR) is 101 cm³/mol. The van der Waals surface area contributed by atoms with Crippen molar-refractivity contribution in [2.45, 2.75) is 32.9 Å². The van der Waals surface area contributed by atoms with E-state index in [0.29, 0.717) is 12.2 Å². The third kappa shape index (κ3) is 4.28. The molecule has 0 radical (unpaired) electrons. The summed E-state index contributed by atoms with van der Waals surface area (Å²) in [7, 11) is 0. The summed E-state index contributed by atoms with van der Waals surface area (Å²) in [6.07, 6.45) is 2.68. The Labute approximate surface area is 153 Å². The van der Waals surface area contributed by atoms with Crippen molar-refractivity contribution in [1.29, 1.82) is 0 Å². The lowest BCUT2D eigenvalue weighted by atomic mass is 10.2. The van der Waals surface area contributed by atoms with Gasteiger partial charge in [-0.15, -0.1) is 0 Å². The van der Waals surface area contributed by atoms with Crippen LogP contribution in [0.3, 0.4) is 0 Å². The number of piperazine rings is 1. The van der Waals surface area contributed by atoms with E-state index in [2.05, 4.69) is 27.0 Å². The average Bonchev–Trinajstić information content (AvgIpc) is 2.66. The molecule has 7 nitrogen and oxygen atoms in total. The molecule has 1 N–H and O–H groups in total. The summed E-state index contributed by atoms with van der Waals surface area (Å²) >= 11 is 0. The number of nitrogens with zero attached hydrogens (tertiary/aromatic N) is 4. The van der Waals surface area contributed by atoms with E-state index in [0.717, 1.165) is 44.8 Å². The maximum absolute atomic E-state index is 12.2. The summed E-state index contributed by atoms with van der Waals surface area (Å²) in [5.74, 6) is 0.101. The van der Waals surface area contributed by atoms with Crippen LogP contribution in [0.1, 0.15) is 26.0 Å². The van der Waals surface area contributed by atoms with Crippen LogP contribution < -0.4 is 10.9 Å². The second-order valence-corrected chi connectivity index (χ2v) is 6.79. The summed E-state index contributed by atoms with van der Waals surface area (Å²) in [6.45, 7) is 8.81. The number of hydrogen-bond donors (Lipinski definition) is 1. The van der Waals surface area contributed by atoms with Gasteiger partial charge in [-0.05, 0) is 25.5 Å². The van der Waals surface area contributed by atoms with E-state index in [4.69, 9.17) is 0 Å². The highest BCUT2D eigenvalue weighted by molar-refractivity contribution is 5.81. The van der Waals surface area contributed by atoms with Gasteiger partial charge in [0.25, 0.3) is 5.56 Å². The standard InChI is InChI=1S/C19H27N5O2/c1-3-7-20-19(26)15(2)23-11-9-22(10-12-23)14-16-13-18(25)24-8-5-4-6-17(24)21-16/h4-6,8,13,15H,3,7,9-12,14H2,1-2H3,(H,20,26)/t15-/m0/s1. The maximum atomic E-state index is 12.2. The Bertz CT molecular complexity index is 811. The second-order valence-electron chi connectivity index (χ2n) is 6.79. The fraction of sp³-hybridized carbons (Fsp3) is 0.526. The molecule has 26 heavy (non-hydrogen) atoms. The van der Waals surface area contributed by atoms with Gasteiger partial charge >= 0.3 is 0 Å². The topological polar surface area (TPSA) is 70.0 Å². The van der Waals surface area contributed by atoms with Gasteiger partial charge in [0.2, 0.25) is 5.91 Å². The molecule has 1 fully saturated rings. The lowest BCUT2D eigenvalue weighted by Gasteiger charge is -2.37. The van der Waals surface area contributed by atoms with Crippen molar-refractivity contribution in [3.8, 4) is 0 Å². The van der Waals surface area contributed by atoms with Gasteiger partial charge in [-0.1, -0.05) is 13.0 Å². The SMILES string of the molecule is CCCNC(=O)[C@H](C)N1CCN(Cc2cc(=O)n3ccccc3n2)CC1. The monoisotopic (exact) mass is 357 g/mol. The zero-order valence-electron chi connectivity index (χ0n) is 15.5. The Morgan fingerprint density at radius 2 is 2.04 bits per heavy atom. The first-order valence-electron chi connectivity index (χ1n) is 9.30. The minimum atomic E-state index is -0.105. The molecule has 2 aromatic rings. The predicted octanol–water partition coefficient (Wildman–Crippen LogP) is 0.727. The molecule has 0 spiro atoms. The second kappa shape index (κ2) is 8.42. The van der Waals surface area contributed by atoms with Crippen LogP contribution in [0.5, 0.6) is 0 Å². The average molecular weight is 357 g/mol. The van der Waals surface area contributed by atoms with E-state index in [1.54, 1.807) is 16.7 Å². The minimum absolute atomic E-state index is 0.0505. The van der Waals surface area contributed by atoms with Crippen LogP contribution in [-0.4, -0.2) is 63.9 Å². The van der Waals surface area contributed by atoms with Crippen LogP contribution in [0.15, 0.2) is 35.3 Å². The molecule has 1 amide bonds. The van der Waals surface area contributed by atoms with Crippen molar-refractivity contribution in [1.82, 2.24) is 24.5 Å². The Morgan fingerprint density at radius 1 is 1.27 bits per heavy atom. The molecular weight excluding hydrogens is 330 g/mol. The number of carbonyl (C=O) groups excluding carboxylic acids is 1. The zero-order valence-corrected chi connectivity index (χ0v) is 15.5. The number of amides is 1. The fourth-order valence-corrected chi connectivity index (χ4v) is 3.28. The van der Waals surface area contributed by atoms with Crippen LogP contribution >= 0.6 is 0 Å². The Morgan fingerprint density at radius 3 is 2.77 bits per heavy atom. The quantitative estimate of drug-likeness (QED) is 0.825. The highest BCUT2D eigenvalue weighted by atomic mass is 16.2. The Balaban J connectivity index is 1.57. The largest absolute Gasteiger partial charge is 0.355 e. The van der Waals surface area contributed by atoms with Crippen LogP contribution in [0, 0.1) is 0 Å². The summed E-state index contributed by atoms with van der Waals surface area (Å²) < 4.78 is 1.55. The summed E-state index contributed by atoms with van der Waals surface area (Å²) in [5.41, 5.74) is 1.42. The first-order valence-corrected chi connectivity index (χ1v) is 9.30. The van der Waals surface area contributed by atoms with Crippen molar-refractivity contribution in [2.24, 2.45) is 0 Å². The normalized spacial score (nSPS) is 17.3. The van der Waals surface area contributed by atoms with Crippen molar-refractivity contribution in [2.75, 3.05) is 32.7 Å². The molecule has 1 atom stereocenters. The summed E-state index contributed by atoms with van der Waals surface area (Å²) in [6, 6.07) is 7.06. The van der Waals surface area contributed by atoms with E-state index in [9.17, 15) is 9.59 Å².